The molecule has 2 rings (SSSR count). The molecule has 0 nitrogen and oxygen atoms in total. The third kappa shape index (κ3) is 9.00. The van der Waals surface area contributed by atoms with Crippen LogP contribution in [0.25, 0.3) is 0 Å². The van der Waals surface area contributed by atoms with Crippen molar-refractivity contribution in [3.05, 3.63) is 12.8 Å². The molecule has 2 aliphatic rings. The molecule has 0 saturated heterocycles. The highest BCUT2D eigenvalue weighted by Crippen LogP contribution is 2.13. The standard InChI is InChI=1S/2C3H5/c2*1-2-3-1/h2*1H,2-3H2. The first-order valence-electron chi connectivity index (χ1n) is 2.63. The van der Waals surface area contributed by atoms with E-state index in [0.29, 0.717) is 0 Å². The van der Waals surface area contributed by atoms with Gasteiger partial charge < -0.3 is 0 Å². The molecule has 0 heteroatoms. The summed E-state index contributed by atoms with van der Waals surface area (Å²) in [5, 5.41) is 0. The largest absolute Gasteiger partial charge is 0.0499 e. The SMILES string of the molecule is [CH]1CC1.[CH]1CC1. The van der Waals surface area contributed by atoms with Crippen LogP contribution in [0.3, 0.4) is 0 Å². The number of hydrogen-bond donors (Lipinski definition) is 0. The third-order valence-corrected chi connectivity index (χ3v) is 0.577. The van der Waals surface area contributed by atoms with Crippen molar-refractivity contribution in [1.29, 1.82) is 0 Å². The van der Waals surface area contributed by atoms with Crippen molar-refractivity contribution in [2.75, 3.05) is 0 Å². The summed E-state index contributed by atoms with van der Waals surface area (Å²) in [5.74, 6) is 0. The molecule has 0 atom stereocenters. The fourth-order valence-electron chi connectivity index (χ4n) is 0. The van der Waals surface area contributed by atoms with Crippen LogP contribution in [-0.2, 0) is 0 Å². The summed E-state index contributed by atoms with van der Waals surface area (Å²) >= 11 is 0. The maximum atomic E-state index is 2.25. The molecule has 0 amide bonds. The lowest BCUT2D eigenvalue weighted by Crippen LogP contribution is -0.898. The van der Waals surface area contributed by atoms with Crippen molar-refractivity contribution in [1.82, 2.24) is 0 Å². The maximum Gasteiger partial charge on any atom is -0.0386 e. The second-order valence-electron chi connectivity index (χ2n) is 1.73. The summed E-state index contributed by atoms with van der Waals surface area (Å²) < 4.78 is 0. The zero-order valence-corrected chi connectivity index (χ0v) is 3.98. The van der Waals surface area contributed by atoms with Gasteiger partial charge in [0.15, 0.2) is 0 Å². The second-order valence-corrected chi connectivity index (χ2v) is 1.73. The van der Waals surface area contributed by atoms with Gasteiger partial charge in [-0.15, -0.1) is 0 Å². The Morgan fingerprint density at radius 3 is 0.833 bits per heavy atom. The molecule has 2 aliphatic carbocycles. The van der Waals surface area contributed by atoms with Crippen LogP contribution in [0.2, 0.25) is 0 Å². The molecule has 6 heavy (non-hydrogen) atoms. The van der Waals surface area contributed by atoms with E-state index in [4.69, 9.17) is 0 Å². The average molecular weight is 82.1 g/mol. The third-order valence-electron chi connectivity index (χ3n) is 0.577. The van der Waals surface area contributed by atoms with Crippen molar-refractivity contribution >= 4 is 0 Å². The molecule has 0 heterocycles. The Morgan fingerprint density at radius 2 is 0.833 bits per heavy atom. The molecule has 2 saturated carbocycles. The highest BCUT2D eigenvalue weighted by molar-refractivity contribution is 4.80. The molecule has 0 aromatic carbocycles. The van der Waals surface area contributed by atoms with E-state index in [2.05, 4.69) is 12.8 Å². The molecule has 0 aromatic heterocycles. The van der Waals surface area contributed by atoms with Gasteiger partial charge in [0.1, 0.15) is 0 Å². The van der Waals surface area contributed by atoms with Gasteiger partial charge in [0, 0.05) is 0 Å². The number of rotatable bonds is 0. The van der Waals surface area contributed by atoms with Gasteiger partial charge in [-0.1, -0.05) is 0 Å². The maximum absolute atomic E-state index is 2.25. The smallest absolute Gasteiger partial charge is 0.0386 e. The quantitative estimate of drug-likeness (QED) is 0.419. The fourth-order valence-corrected chi connectivity index (χ4v) is 0. The van der Waals surface area contributed by atoms with Gasteiger partial charge in [-0.2, -0.15) is 0 Å². The van der Waals surface area contributed by atoms with Gasteiger partial charge in [0.2, 0.25) is 0 Å². The van der Waals surface area contributed by atoms with E-state index in [1.54, 1.807) is 0 Å². The van der Waals surface area contributed by atoms with E-state index in [1.165, 1.54) is 25.7 Å². The van der Waals surface area contributed by atoms with Crippen molar-refractivity contribution in [3.63, 3.8) is 0 Å². The van der Waals surface area contributed by atoms with Gasteiger partial charge in [0.05, 0.1) is 0 Å². The van der Waals surface area contributed by atoms with Crippen LogP contribution in [0.4, 0.5) is 0 Å². The van der Waals surface area contributed by atoms with Crippen LogP contribution in [0.1, 0.15) is 25.7 Å². The monoisotopic (exact) mass is 82.1 g/mol. The minimum absolute atomic E-state index is 1.38. The van der Waals surface area contributed by atoms with E-state index in [9.17, 15) is 0 Å². The first kappa shape index (κ1) is 4.17. The Hall–Kier alpha value is 0. The topological polar surface area (TPSA) is 0 Å². The van der Waals surface area contributed by atoms with E-state index in [0.717, 1.165) is 0 Å². The average Bonchev–Trinajstić information content (AvgIpc) is 2.31. The molecule has 34 valence electrons. The van der Waals surface area contributed by atoms with E-state index in [-0.39, 0.29) is 0 Å². The Morgan fingerprint density at radius 1 is 0.667 bits per heavy atom. The van der Waals surface area contributed by atoms with Crippen molar-refractivity contribution in [2.24, 2.45) is 0 Å². The van der Waals surface area contributed by atoms with Gasteiger partial charge >= 0.3 is 0 Å². The molecule has 2 fully saturated rings. The van der Waals surface area contributed by atoms with Gasteiger partial charge in [-0.05, 0) is 38.5 Å². The van der Waals surface area contributed by atoms with E-state index in [1.807, 2.05) is 0 Å². The van der Waals surface area contributed by atoms with E-state index >= 15 is 0 Å². The van der Waals surface area contributed by atoms with E-state index < -0.39 is 0 Å². The number of hydrogen-bond acceptors (Lipinski definition) is 0. The zero-order valence-electron chi connectivity index (χ0n) is 3.98. The first-order chi connectivity index (χ1) is 3.00. The Bertz CT molecular complexity index is 15.5. The summed E-state index contributed by atoms with van der Waals surface area (Å²) in [6.07, 6.45) is 10.0. The van der Waals surface area contributed by atoms with Crippen LogP contribution in [0.5, 0.6) is 0 Å². The van der Waals surface area contributed by atoms with Crippen molar-refractivity contribution < 1.29 is 0 Å². The van der Waals surface area contributed by atoms with Crippen LogP contribution in [-0.4, -0.2) is 0 Å². The highest BCUT2D eigenvalue weighted by atomic mass is 14.0. The summed E-state index contributed by atoms with van der Waals surface area (Å²) in [6, 6.07) is 0. The Labute approximate surface area is 39.6 Å². The van der Waals surface area contributed by atoms with Crippen LogP contribution in [0.15, 0.2) is 0 Å². The van der Waals surface area contributed by atoms with Crippen LogP contribution in [0, 0.1) is 12.8 Å². The second kappa shape index (κ2) is 2.22. The predicted molar refractivity (Wildman–Crippen MR) is 27.1 cm³/mol. The lowest BCUT2D eigenvalue weighted by Gasteiger charge is -1.05. The van der Waals surface area contributed by atoms with Crippen molar-refractivity contribution in [3.8, 4) is 0 Å². The predicted octanol–water partition coefficient (Wildman–Crippen LogP) is 1.97. The summed E-state index contributed by atoms with van der Waals surface area (Å²) in [7, 11) is 0. The first-order valence-corrected chi connectivity index (χ1v) is 2.63. The summed E-state index contributed by atoms with van der Waals surface area (Å²) in [4.78, 5) is 0. The lowest BCUT2D eigenvalue weighted by molar-refractivity contribution is 1.50. The molecular formula is C6H10. The van der Waals surface area contributed by atoms with Gasteiger partial charge in [-0.3, -0.25) is 0 Å². The molecular weight excluding hydrogens is 72.1 g/mol. The zero-order chi connectivity index (χ0) is 4.24. The molecule has 2 radical (unpaired) electrons. The van der Waals surface area contributed by atoms with Gasteiger partial charge in [0.25, 0.3) is 0 Å². The summed E-state index contributed by atoms with van der Waals surface area (Å²) in [5.41, 5.74) is 0. The normalized spacial score (nSPS) is 24.0. The minimum Gasteiger partial charge on any atom is -0.0499 e. The lowest BCUT2D eigenvalue weighted by atomic mass is 11.0. The van der Waals surface area contributed by atoms with Gasteiger partial charge in [-0.25, -0.2) is 0 Å². The van der Waals surface area contributed by atoms with Crippen LogP contribution < -0.4 is 0 Å². The molecule has 0 N–H and O–H groups in total. The van der Waals surface area contributed by atoms with Crippen molar-refractivity contribution in [2.45, 2.75) is 25.7 Å². The Kier molecular flexibility index (Phi) is 1.54. The molecule has 0 spiro atoms. The molecule has 0 aliphatic heterocycles. The fraction of sp³-hybridized carbons (Fsp3) is 0.667. The molecule has 0 aromatic rings. The minimum atomic E-state index is 1.38. The highest BCUT2D eigenvalue weighted by Gasteiger charge is 1.96. The molecule has 0 unspecified atom stereocenters. The molecule has 0 bridgehead atoms. The summed E-state index contributed by atoms with van der Waals surface area (Å²) in [6.45, 7) is 0. The Balaban J connectivity index is 0.0000000600. The van der Waals surface area contributed by atoms with Crippen LogP contribution >= 0.6 is 0 Å².